The van der Waals surface area contributed by atoms with Gasteiger partial charge in [0.05, 0.1) is 0 Å². The zero-order valence-corrected chi connectivity index (χ0v) is 14.6. The predicted octanol–water partition coefficient (Wildman–Crippen LogP) is -1.97. The fourth-order valence-corrected chi connectivity index (χ4v) is 3.92. The molecule has 25 heavy (non-hydrogen) atoms. The average molecular weight is 432 g/mol. The quantitative estimate of drug-likeness (QED) is 0.203. The van der Waals surface area contributed by atoms with Gasteiger partial charge in [0.1, 0.15) is 18.3 Å². The Kier molecular flexibility index (Phi) is 6.76. The van der Waals surface area contributed by atoms with Crippen LogP contribution in [0.5, 0.6) is 0 Å². The Labute approximate surface area is 138 Å². The molecule has 8 N–H and O–H groups in total. The molecule has 0 saturated heterocycles. The van der Waals surface area contributed by atoms with Gasteiger partial charge in [-0.2, -0.15) is 0 Å². The molecule has 0 heterocycles. The standard InChI is InChI=1S/C7H15O15P3/c8-6(9)7(10)1-3(20-23(11,12)13)5(22-25(17,18)19)4(2-7)21-24(14,15)16/h3-5,10H,1-2H2,(H,8,9)(H2,11,12,13)(H2,14,15,16)(H2,17,18,19)/t3-,4-,5?,7?/m1/s1. The van der Waals surface area contributed by atoms with Crippen LogP contribution in [0.1, 0.15) is 12.8 Å². The number of phosphoric ester groups is 3. The normalized spacial score (nSPS) is 31.7. The third kappa shape index (κ3) is 7.49. The summed E-state index contributed by atoms with van der Waals surface area (Å²) in [6, 6.07) is 0. The first-order chi connectivity index (χ1) is 10.9. The van der Waals surface area contributed by atoms with E-state index in [1.54, 1.807) is 0 Å². The van der Waals surface area contributed by atoms with E-state index < -0.39 is 66.2 Å². The molecule has 0 aliphatic heterocycles. The largest absolute Gasteiger partial charge is 0.479 e. The number of phosphoric acid groups is 3. The summed E-state index contributed by atoms with van der Waals surface area (Å²) in [5.74, 6) is -1.96. The average Bonchev–Trinajstić information content (AvgIpc) is 2.28. The Morgan fingerprint density at radius 1 is 0.800 bits per heavy atom. The molecule has 0 radical (unpaired) electrons. The van der Waals surface area contributed by atoms with E-state index in [1.165, 1.54) is 0 Å². The lowest BCUT2D eigenvalue weighted by Crippen LogP contribution is -2.57. The molecule has 18 heteroatoms. The molecular weight excluding hydrogens is 417 g/mol. The van der Waals surface area contributed by atoms with Crippen molar-refractivity contribution < 1.29 is 71.6 Å². The van der Waals surface area contributed by atoms with Crippen molar-refractivity contribution in [2.75, 3.05) is 0 Å². The van der Waals surface area contributed by atoms with Crippen LogP contribution >= 0.6 is 23.5 Å². The SMILES string of the molecule is O=C(O)C1(O)C[C@@H](OP(=O)(O)O)C(OP(=O)(O)O)[C@H](OP(=O)(O)O)C1. The summed E-state index contributed by atoms with van der Waals surface area (Å²) in [5.41, 5.74) is -2.84. The minimum Gasteiger partial charge on any atom is -0.479 e. The second kappa shape index (κ2) is 7.41. The maximum atomic E-state index is 11.1. The molecule has 0 aromatic carbocycles. The Balaban J connectivity index is 3.33. The first-order valence-corrected chi connectivity index (χ1v) is 10.7. The number of hydrogen-bond acceptors (Lipinski definition) is 8. The van der Waals surface area contributed by atoms with Gasteiger partial charge < -0.3 is 39.6 Å². The highest BCUT2D eigenvalue weighted by Crippen LogP contribution is 2.51. The van der Waals surface area contributed by atoms with Crippen LogP contribution in [0.3, 0.4) is 0 Å². The highest BCUT2D eigenvalue weighted by Gasteiger charge is 2.55. The summed E-state index contributed by atoms with van der Waals surface area (Å²) < 4.78 is 45.5. The molecule has 0 aromatic heterocycles. The topological polar surface area (TPSA) is 258 Å². The van der Waals surface area contributed by atoms with E-state index in [2.05, 4.69) is 13.6 Å². The summed E-state index contributed by atoms with van der Waals surface area (Å²) in [5, 5.41) is 19.0. The number of carboxylic acids is 1. The summed E-state index contributed by atoms with van der Waals surface area (Å²) in [7, 11) is -16.2. The molecule has 1 fully saturated rings. The molecule has 1 rings (SSSR count). The van der Waals surface area contributed by atoms with Crippen molar-refractivity contribution in [1.29, 1.82) is 0 Å². The van der Waals surface area contributed by atoms with Crippen LogP contribution in [0.15, 0.2) is 0 Å². The second-order valence-electron chi connectivity index (χ2n) is 5.07. The van der Waals surface area contributed by atoms with E-state index in [0.717, 1.165) is 0 Å². The van der Waals surface area contributed by atoms with Gasteiger partial charge in [0.15, 0.2) is 5.60 Å². The molecule has 148 valence electrons. The van der Waals surface area contributed by atoms with Gasteiger partial charge in [0, 0.05) is 12.8 Å². The van der Waals surface area contributed by atoms with Gasteiger partial charge in [-0.05, 0) is 0 Å². The zero-order valence-electron chi connectivity index (χ0n) is 11.9. The molecule has 1 saturated carbocycles. The van der Waals surface area contributed by atoms with Gasteiger partial charge in [-0.15, -0.1) is 0 Å². The molecule has 0 spiro atoms. The monoisotopic (exact) mass is 432 g/mol. The van der Waals surface area contributed by atoms with Crippen LogP contribution in [-0.4, -0.2) is 69.5 Å². The van der Waals surface area contributed by atoms with Crippen LogP contribution in [0.25, 0.3) is 0 Å². The minimum absolute atomic E-state index is 1.13. The third-order valence-electron chi connectivity index (χ3n) is 3.01. The van der Waals surface area contributed by atoms with E-state index in [0.29, 0.717) is 0 Å². The molecular formula is C7H15O15P3. The van der Waals surface area contributed by atoms with Gasteiger partial charge in [-0.3, -0.25) is 13.6 Å². The van der Waals surface area contributed by atoms with E-state index in [4.69, 9.17) is 34.5 Å². The highest BCUT2D eigenvalue weighted by molar-refractivity contribution is 7.47. The Morgan fingerprint density at radius 3 is 1.36 bits per heavy atom. The molecule has 0 unspecified atom stereocenters. The van der Waals surface area contributed by atoms with Crippen molar-refractivity contribution in [2.24, 2.45) is 0 Å². The van der Waals surface area contributed by atoms with E-state index >= 15 is 0 Å². The van der Waals surface area contributed by atoms with Gasteiger partial charge in [-0.1, -0.05) is 0 Å². The van der Waals surface area contributed by atoms with Crippen LogP contribution < -0.4 is 0 Å². The minimum atomic E-state index is -5.40. The van der Waals surface area contributed by atoms with Crippen molar-refractivity contribution >= 4 is 29.4 Å². The van der Waals surface area contributed by atoms with Gasteiger partial charge in [-0.25, -0.2) is 18.5 Å². The first-order valence-electron chi connectivity index (χ1n) is 6.09. The summed E-state index contributed by atoms with van der Waals surface area (Å²) in [6.07, 6.45) is -8.86. The zero-order chi connectivity index (χ0) is 19.8. The Morgan fingerprint density at radius 2 is 1.12 bits per heavy atom. The van der Waals surface area contributed by atoms with Crippen molar-refractivity contribution in [3.63, 3.8) is 0 Å². The summed E-state index contributed by atoms with van der Waals surface area (Å²) in [6.45, 7) is 0. The van der Waals surface area contributed by atoms with Crippen molar-refractivity contribution in [1.82, 2.24) is 0 Å². The molecule has 0 bridgehead atoms. The molecule has 15 nitrogen and oxygen atoms in total. The number of carbonyl (C=O) groups is 1. The number of rotatable bonds is 7. The number of carboxylic acid groups (broad SMARTS) is 1. The second-order valence-corrected chi connectivity index (χ2v) is 8.65. The Bertz CT molecular complexity index is 608. The third-order valence-corrected chi connectivity index (χ3v) is 4.62. The fraction of sp³-hybridized carbons (Fsp3) is 0.857. The van der Waals surface area contributed by atoms with Crippen molar-refractivity contribution in [3.05, 3.63) is 0 Å². The number of hydrogen-bond donors (Lipinski definition) is 8. The van der Waals surface area contributed by atoms with Crippen molar-refractivity contribution in [2.45, 2.75) is 36.8 Å². The lowest BCUT2D eigenvalue weighted by atomic mass is 9.80. The lowest BCUT2D eigenvalue weighted by Gasteiger charge is -2.42. The van der Waals surface area contributed by atoms with Gasteiger partial charge in [0.2, 0.25) is 0 Å². The van der Waals surface area contributed by atoms with E-state index in [-0.39, 0.29) is 0 Å². The van der Waals surface area contributed by atoms with E-state index in [1.807, 2.05) is 0 Å². The summed E-state index contributed by atoms with van der Waals surface area (Å²) in [4.78, 5) is 64.2. The summed E-state index contributed by atoms with van der Waals surface area (Å²) >= 11 is 0. The first kappa shape index (κ1) is 22.8. The van der Waals surface area contributed by atoms with Crippen LogP contribution in [-0.2, 0) is 32.1 Å². The van der Waals surface area contributed by atoms with Crippen molar-refractivity contribution in [3.8, 4) is 0 Å². The molecule has 2 atom stereocenters. The molecule has 0 aromatic rings. The van der Waals surface area contributed by atoms with Gasteiger partial charge in [0.25, 0.3) is 0 Å². The van der Waals surface area contributed by atoms with Crippen LogP contribution in [0, 0.1) is 0 Å². The van der Waals surface area contributed by atoms with Crippen LogP contribution in [0.2, 0.25) is 0 Å². The lowest BCUT2D eigenvalue weighted by molar-refractivity contribution is -0.182. The smallest absolute Gasteiger partial charge is 0.470 e. The highest BCUT2D eigenvalue weighted by atomic mass is 31.2. The maximum Gasteiger partial charge on any atom is 0.470 e. The molecule has 0 amide bonds. The predicted molar refractivity (Wildman–Crippen MR) is 72.6 cm³/mol. The van der Waals surface area contributed by atoms with Gasteiger partial charge >= 0.3 is 29.4 Å². The van der Waals surface area contributed by atoms with E-state index in [9.17, 15) is 23.6 Å². The number of aliphatic hydroxyl groups is 1. The maximum absolute atomic E-state index is 11.1. The molecule has 1 aliphatic rings. The number of aliphatic carboxylic acids is 1. The van der Waals surface area contributed by atoms with Crippen LogP contribution in [0.4, 0.5) is 0 Å². The molecule has 1 aliphatic carbocycles. The Hall–Kier alpha value is -0.240. The fourth-order valence-electron chi connectivity index (χ4n) is 2.24.